The van der Waals surface area contributed by atoms with Crippen molar-refractivity contribution in [2.75, 3.05) is 6.61 Å². The zero-order chi connectivity index (χ0) is 18.7. The molecule has 1 heteroatoms. The van der Waals surface area contributed by atoms with Crippen LogP contribution in [0.2, 0.25) is 0 Å². The molecule has 0 atom stereocenters. The van der Waals surface area contributed by atoms with Crippen LogP contribution >= 0.6 is 0 Å². The fraction of sp³-hybridized carbons (Fsp3) is 0.750. The lowest BCUT2D eigenvalue weighted by Gasteiger charge is -2.25. The average Bonchev–Trinajstić information content (AvgIpc) is 2.64. The lowest BCUT2D eigenvalue weighted by atomic mass is 9.84. The molecule has 0 aromatic heterocycles. The van der Waals surface area contributed by atoms with E-state index in [1.807, 2.05) is 0 Å². The Balaban J connectivity index is 3.37. The topological polar surface area (TPSA) is 9.23 Å². The number of ether oxygens (including phenoxy) is 1. The Morgan fingerprint density at radius 2 is 1.04 bits per heavy atom. The average molecular weight is 347 g/mol. The molecule has 0 amide bonds. The van der Waals surface area contributed by atoms with Crippen molar-refractivity contribution in [1.29, 1.82) is 0 Å². The van der Waals surface area contributed by atoms with Gasteiger partial charge < -0.3 is 4.74 Å². The van der Waals surface area contributed by atoms with E-state index in [0.29, 0.717) is 0 Å². The summed E-state index contributed by atoms with van der Waals surface area (Å²) in [7, 11) is 0. The first kappa shape index (κ1) is 22.1. The summed E-state index contributed by atoms with van der Waals surface area (Å²) in [5.74, 6) is 1.26. The summed E-state index contributed by atoms with van der Waals surface area (Å²) in [6, 6.07) is 0. The van der Waals surface area contributed by atoms with Gasteiger partial charge in [0.05, 0.1) is 6.61 Å². The van der Waals surface area contributed by atoms with Crippen LogP contribution in [0.5, 0.6) is 5.75 Å². The van der Waals surface area contributed by atoms with Gasteiger partial charge in [-0.1, -0.05) is 67.2 Å². The van der Waals surface area contributed by atoms with Gasteiger partial charge in [-0.05, 0) is 72.8 Å². The smallest absolute Gasteiger partial charge is 0.126 e. The van der Waals surface area contributed by atoms with Crippen molar-refractivity contribution >= 4 is 0 Å². The Morgan fingerprint density at radius 1 is 0.520 bits per heavy atom. The molecule has 144 valence electrons. The largest absolute Gasteiger partial charge is 0.493 e. The summed E-state index contributed by atoms with van der Waals surface area (Å²) in [4.78, 5) is 0. The van der Waals surface area contributed by atoms with E-state index in [1.165, 1.54) is 49.8 Å². The Morgan fingerprint density at radius 3 is 1.56 bits per heavy atom. The first-order valence-corrected chi connectivity index (χ1v) is 11.0. The summed E-state index contributed by atoms with van der Waals surface area (Å²) in [6.07, 6.45) is 13.3. The number of benzene rings is 1. The molecule has 0 spiro atoms. The Kier molecular flexibility index (Phi) is 10.9. The Hall–Kier alpha value is -0.980. The van der Waals surface area contributed by atoms with Crippen LogP contribution in [0.1, 0.15) is 108 Å². The molecule has 0 heterocycles. The fourth-order valence-electron chi connectivity index (χ4n) is 4.14. The molecule has 1 aromatic carbocycles. The minimum Gasteiger partial charge on any atom is -0.493 e. The van der Waals surface area contributed by atoms with E-state index in [4.69, 9.17) is 4.74 Å². The third kappa shape index (κ3) is 5.76. The highest BCUT2D eigenvalue weighted by atomic mass is 16.5. The maximum Gasteiger partial charge on any atom is 0.126 e. The van der Waals surface area contributed by atoms with Gasteiger partial charge in [0.15, 0.2) is 0 Å². The summed E-state index contributed by atoms with van der Waals surface area (Å²) < 4.78 is 6.44. The zero-order valence-corrected chi connectivity index (χ0v) is 17.9. The van der Waals surface area contributed by atoms with Gasteiger partial charge in [-0.2, -0.15) is 0 Å². The minimum atomic E-state index is 0.864. The third-order valence-electron chi connectivity index (χ3n) is 5.44. The lowest BCUT2D eigenvalue weighted by Crippen LogP contribution is -2.12. The van der Waals surface area contributed by atoms with Crippen LogP contribution in [0.3, 0.4) is 0 Å². The summed E-state index contributed by atoms with van der Waals surface area (Å²) >= 11 is 0. The molecule has 0 fully saturated rings. The minimum absolute atomic E-state index is 0.864. The molecule has 0 unspecified atom stereocenters. The first-order chi connectivity index (χ1) is 12.2. The second kappa shape index (κ2) is 12.4. The number of hydrogen-bond donors (Lipinski definition) is 0. The van der Waals surface area contributed by atoms with E-state index in [2.05, 4.69) is 41.5 Å². The molecule has 0 aliphatic heterocycles. The zero-order valence-electron chi connectivity index (χ0n) is 17.9. The molecule has 1 aromatic rings. The molecule has 1 rings (SSSR count). The molecule has 25 heavy (non-hydrogen) atoms. The van der Waals surface area contributed by atoms with Crippen molar-refractivity contribution in [2.24, 2.45) is 0 Å². The maximum absolute atomic E-state index is 6.44. The Labute approximate surface area is 157 Å². The van der Waals surface area contributed by atoms with Gasteiger partial charge in [0.1, 0.15) is 5.75 Å². The molecular formula is C24H42O. The molecule has 0 N–H and O–H groups in total. The number of hydrogen-bond acceptors (Lipinski definition) is 1. The molecule has 0 saturated carbocycles. The molecule has 0 bridgehead atoms. The van der Waals surface area contributed by atoms with Crippen molar-refractivity contribution in [3.63, 3.8) is 0 Å². The number of unbranched alkanes of at least 4 members (excludes halogenated alkanes) is 4. The molecular weight excluding hydrogens is 304 g/mol. The molecule has 0 aliphatic rings. The second-order valence-corrected chi connectivity index (χ2v) is 7.15. The van der Waals surface area contributed by atoms with Crippen molar-refractivity contribution < 1.29 is 4.74 Å². The van der Waals surface area contributed by atoms with E-state index in [1.54, 1.807) is 22.3 Å². The van der Waals surface area contributed by atoms with E-state index < -0.39 is 0 Å². The maximum atomic E-state index is 6.44. The van der Waals surface area contributed by atoms with Gasteiger partial charge in [0.25, 0.3) is 0 Å². The summed E-state index contributed by atoms with van der Waals surface area (Å²) in [5, 5.41) is 0. The fourth-order valence-corrected chi connectivity index (χ4v) is 4.14. The first-order valence-electron chi connectivity index (χ1n) is 11.0. The van der Waals surface area contributed by atoms with Crippen molar-refractivity contribution in [3.05, 3.63) is 27.8 Å². The lowest BCUT2D eigenvalue weighted by molar-refractivity contribution is 0.302. The van der Waals surface area contributed by atoms with Gasteiger partial charge >= 0.3 is 0 Å². The monoisotopic (exact) mass is 346 g/mol. The van der Waals surface area contributed by atoms with E-state index in [-0.39, 0.29) is 0 Å². The third-order valence-corrected chi connectivity index (χ3v) is 5.44. The normalized spacial score (nSPS) is 11.1. The van der Waals surface area contributed by atoms with Gasteiger partial charge in [-0.15, -0.1) is 0 Å². The van der Waals surface area contributed by atoms with Crippen molar-refractivity contribution in [1.82, 2.24) is 0 Å². The van der Waals surface area contributed by atoms with Crippen LogP contribution in [0.15, 0.2) is 0 Å². The predicted octanol–water partition coefficient (Wildman–Crippen LogP) is 7.24. The van der Waals surface area contributed by atoms with Crippen LogP contribution in [0.25, 0.3) is 0 Å². The second-order valence-electron chi connectivity index (χ2n) is 7.15. The summed E-state index contributed by atoms with van der Waals surface area (Å²) in [6.45, 7) is 14.7. The quantitative estimate of drug-likeness (QED) is 0.342. The van der Waals surface area contributed by atoms with E-state index in [9.17, 15) is 0 Å². The van der Waals surface area contributed by atoms with Gasteiger partial charge in [-0.3, -0.25) is 0 Å². The van der Waals surface area contributed by atoms with Gasteiger partial charge in [0, 0.05) is 0 Å². The molecule has 1 nitrogen and oxygen atoms in total. The summed E-state index contributed by atoms with van der Waals surface area (Å²) in [5.41, 5.74) is 7.83. The van der Waals surface area contributed by atoms with Crippen LogP contribution in [-0.2, 0) is 32.1 Å². The highest BCUT2D eigenvalue weighted by Gasteiger charge is 2.21. The predicted molar refractivity (Wildman–Crippen MR) is 112 cm³/mol. The highest BCUT2D eigenvalue weighted by molar-refractivity contribution is 5.56. The standard InChI is InChI=1S/C24H42O/c1-7-13-15-16-17-23-21(11-5)19(9-3)20(10-4)22(12-6)24(23)25-18-14-8-2/h7-18H2,1-6H3. The van der Waals surface area contributed by atoms with Gasteiger partial charge in [-0.25, -0.2) is 0 Å². The van der Waals surface area contributed by atoms with Crippen LogP contribution in [0, 0.1) is 0 Å². The molecule has 0 radical (unpaired) electrons. The molecule has 0 aliphatic carbocycles. The van der Waals surface area contributed by atoms with Crippen molar-refractivity contribution in [2.45, 2.75) is 112 Å². The number of rotatable bonds is 13. The van der Waals surface area contributed by atoms with E-state index >= 15 is 0 Å². The van der Waals surface area contributed by atoms with Crippen LogP contribution < -0.4 is 4.74 Å². The molecule has 0 saturated heterocycles. The van der Waals surface area contributed by atoms with Crippen LogP contribution in [0.4, 0.5) is 0 Å². The van der Waals surface area contributed by atoms with Crippen LogP contribution in [-0.4, -0.2) is 6.61 Å². The van der Waals surface area contributed by atoms with Gasteiger partial charge in [0.2, 0.25) is 0 Å². The highest BCUT2D eigenvalue weighted by Crippen LogP contribution is 2.37. The Bertz CT molecular complexity index is 502. The van der Waals surface area contributed by atoms with E-state index in [0.717, 1.165) is 38.7 Å². The SMILES string of the molecule is CCCCCCc1c(CC)c(CC)c(CC)c(CC)c1OCCCC. The van der Waals surface area contributed by atoms with Crippen molar-refractivity contribution in [3.8, 4) is 5.75 Å².